The smallest absolute Gasteiger partial charge is 0.339 e. The van der Waals surface area contributed by atoms with Crippen molar-refractivity contribution in [1.82, 2.24) is 0 Å². The minimum absolute atomic E-state index is 0.129. The highest BCUT2D eigenvalue weighted by atomic mass is 16.4. The maximum atomic E-state index is 11.9. The minimum Gasteiger partial charge on any atom is -0.423 e. The highest BCUT2D eigenvalue weighted by Crippen LogP contribution is 2.13. The molecule has 1 aliphatic carbocycles. The van der Waals surface area contributed by atoms with Gasteiger partial charge in [-0.3, -0.25) is 0 Å². The van der Waals surface area contributed by atoms with E-state index in [4.69, 9.17) is 4.42 Å². The van der Waals surface area contributed by atoms with Crippen LogP contribution >= 0.6 is 0 Å². The van der Waals surface area contributed by atoms with Gasteiger partial charge in [0.15, 0.2) is 0 Å². The van der Waals surface area contributed by atoms with Crippen molar-refractivity contribution in [3.8, 4) is 0 Å². The second kappa shape index (κ2) is 4.69. The molecule has 0 amide bonds. The van der Waals surface area contributed by atoms with E-state index in [1.165, 1.54) is 18.4 Å². The molecule has 0 fully saturated rings. The molecule has 1 aromatic heterocycles. The first-order valence-electron chi connectivity index (χ1n) is 6.05. The lowest BCUT2D eigenvalue weighted by atomic mass is 10.0. The molecule has 0 saturated heterocycles. The summed E-state index contributed by atoms with van der Waals surface area (Å²) in [5, 5.41) is 1.12. The van der Waals surface area contributed by atoms with E-state index in [1.807, 2.05) is 19.9 Å². The second-order valence-corrected chi connectivity index (χ2v) is 4.26. The van der Waals surface area contributed by atoms with E-state index in [9.17, 15) is 4.79 Å². The average Bonchev–Trinajstić information content (AvgIpc) is 2.54. The molecule has 0 spiro atoms. The second-order valence-electron chi connectivity index (χ2n) is 4.26. The Balaban J connectivity index is 2.84. The number of rotatable bonds is 0. The van der Waals surface area contributed by atoms with Crippen LogP contribution in [0.15, 0.2) is 9.21 Å². The molecule has 1 heterocycles. The van der Waals surface area contributed by atoms with Crippen LogP contribution in [0.25, 0.3) is 12.2 Å². The third kappa shape index (κ3) is 1.84. The van der Waals surface area contributed by atoms with Crippen molar-refractivity contribution in [2.75, 3.05) is 0 Å². The van der Waals surface area contributed by atoms with Crippen LogP contribution in [0.3, 0.4) is 0 Å². The maximum Gasteiger partial charge on any atom is 0.339 e. The summed E-state index contributed by atoms with van der Waals surface area (Å²) in [5.41, 5.74) is 2.74. The van der Waals surface area contributed by atoms with E-state index in [0.717, 1.165) is 35.5 Å². The van der Waals surface area contributed by atoms with Crippen LogP contribution < -0.4 is 16.3 Å². The Morgan fingerprint density at radius 1 is 1.00 bits per heavy atom. The van der Waals surface area contributed by atoms with E-state index < -0.39 is 0 Å². The molecule has 0 unspecified atom stereocenters. The Hall–Kier alpha value is -1.31. The molecule has 0 atom stereocenters. The molecule has 0 radical (unpaired) electrons. The Kier molecular flexibility index (Phi) is 3.28. The first-order chi connectivity index (χ1) is 7.77. The first kappa shape index (κ1) is 11.2. The topological polar surface area (TPSA) is 30.2 Å². The van der Waals surface area contributed by atoms with Gasteiger partial charge in [-0.15, -0.1) is 0 Å². The highest BCUT2D eigenvalue weighted by Gasteiger charge is 2.14. The Labute approximate surface area is 95.3 Å². The van der Waals surface area contributed by atoms with Gasteiger partial charge < -0.3 is 4.42 Å². The number of hydrogen-bond acceptors (Lipinski definition) is 2. The third-order valence-electron chi connectivity index (χ3n) is 3.31. The van der Waals surface area contributed by atoms with Crippen molar-refractivity contribution in [1.29, 1.82) is 0 Å². The molecule has 2 rings (SSSR count). The fourth-order valence-corrected chi connectivity index (χ4v) is 2.50. The molecule has 0 aromatic carbocycles. The minimum atomic E-state index is -0.129. The molecule has 0 aliphatic heterocycles. The molecule has 0 N–H and O–H groups in total. The quantitative estimate of drug-likeness (QED) is 0.618. The van der Waals surface area contributed by atoms with Crippen molar-refractivity contribution in [2.45, 2.75) is 46.0 Å². The lowest BCUT2D eigenvalue weighted by Crippen LogP contribution is -2.35. The normalized spacial score (nSPS) is 18.4. The molecule has 1 aromatic rings. The summed E-state index contributed by atoms with van der Waals surface area (Å²) in [6, 6.07) is 0. The summed E-state index contributed by atoms with van der Waals surface area (Å²) in [6.07, 6.45) is 9.33. The van der Waals surface area contributed by atoms with Crippen molar-refractivity contribution in [3.05, 3.63) is 32.2 Å². The largest absolute Gasteiger partial charge is 0.423 e. The predicted octanol–water partition coefficient (Wildman–Crippen LogP) is 1.51. The molecule has 86 valence electrons. The van der Waals surface area contributed by atoms with Gasteiger partial charge in [0.2, 0.25) is 0 Å². The van der Waals surface area contributed by atoms with Crippen molar-refractivity contribution in [3.63, 3.8) is 0 Å². The third-order valence-corrected chi connectivity index (χ3v) is 3.31. The lowest BCUT2D eigenvalue weighted by Gasteiger charge is -2.04. The first-order valence-corrected chi connectivity index (χ1v) is 6.05. The molecule has 16 heavy (non-hydrogen) atoms. The van der Waals surface area contributed by atoms with Gasteiger partial charge in [-0.2, -0.15) is 0 Å². The monoisotopic (exact) mass is 218 g/mol. The Bertz CT molecular complexity index is 549. The zero-order valence-corrected chi connectivity index (χ0v) is 10.0. The average molecular weight is 218 g/mol. The summed E-state index contributed by atoms with van der Waals surface area (Å²) >= 11 is 0. The predicted molar refractivity (Wildman–Crippen MR) is 65.8 cm³/mol. The number of fused-ring (bicyclic) bond motifs is 1. The Morgan fingerprint density at radius 3 is 2.31 bits per heavy atom. The van der Waals surface area contributed by atoms with Gasteiger partial charge in [0.1, 0.15) is 5.42 Å². The van der Waals surface area contributed by atoms with Crippen LogP contribution in [-0.2, 0) is 12.8 Å². The standard InChI is InChI=1S/C14H18O2/c1-3-10-11-8-6-5-7-9-12(11)14(15)16-13(10)4-2/h3-4H,5-9H2,1-2H3. The van der Waals surface area contributed by atoms with E-state index in [-0.39, 0.29) is 5.63 Å². The fourth-order valence-electron chi connectivity index (χ4n) is 2.50. The van der Waals surface area contributed by atoms with Gasteiger partial charge >= 0.3 is 5.63 Å². The van der Waals surface area contributed by atoms with Crippen molar-refractivity contribution >= 4 is 12.2 Å². The van der Waals surface area contributed by atoms with Crippen LogP contribution in [0.5, 0.6) is 0 Å². The SMILES string of the molecule is CC=c1oc(=O)c2c(c1=CC)CCCCC2. The van der Waals surface area contributed by atoms with Gasteiger partial charge in [-0.05, 0) is 51.2 Å². The van der Waals surface area contributed by atoms with Crippen LogP contribution in [0.2, 0.25) is 0 Å². The highest BCUT2D eigenvalue weighted by molar-refractivity contribution is 5.34. The van der Waals surface area contributed by atoms with Gasteiger partial charge in [-0.25, -0.2) is 4.79 Å². The van der Waals surface area contributed by atoms with Crippen molar-refractivity contribution in [2.24, 2.45) is 0 Å². The Morgan fingerprint density at radius 2 is 1.69 bits per heavy atom. The summed E-state index contributed by atoms with van der Waals surface area (Å²) in [5.74, 6) is 0. The molecule has 2 nitrogen and oxygen atoms in total. The molecule has 2 heteroatoms. The lowest BCUT2D eigenvalue weighted by molar-refractivity contribution is 0.462. The number of hydrogen-bond donors (Lipinski definition) is 0. The van der Waals surface area contributed by atoms with E-state index >= 15 is 0 Å². The van der Waals surface area contributed by atoms with Gasteiger partial charge in [-0.1, -0.05) is 12.5 Å². The van der Waals surface area contributed by atoms with Gasteiger partial charge in [0.25, 0.3) is 0 Å². The van der Waals surface area contributed by atoms with Crippen LogP contribution in [0, 0.1) is 0 Å². The zero-order valence-electron chi connectivity index (χ0n) is 10.0. The van der Waals surface area contributed by atoms with Crippen molar-refractivity contribution < 1.29 is 4.42 Å². The summed E-state index contributed by atoms with van der Waals surface area (Å²) in [4.78, 5) is 11.9. The van der Waals surface area contributed by atoms with Gasteiger partial charge in [0.05, 0.1) is 0 Å². The molecular formula is C14H18O2. The molecular weight excluding hydrogens is 200 g/mol. The molecule has 0 bridgehead atoms. The van der Waals surface area contributed by atoms with E-state index in [2.05, 4.69) is 6.08 Å². The summed E-state index contributed by atoms with van der Waals surface area (Å²) < 4.78 is 5.36. The van der Waals surface area contributed by atoms with E-state index in [0.29, 0.717) is 0 Å². The van der Waals surface area contributed by atoms with E-state index in [1.54, 1.807) is 0 Å². The molecule has 1 aliphatic rings. The zero-order chi connectivity index (χ0) is 11.5. The summed E-state index contributed by atoms with van der Waals surface area (Å²) in [7, 11) is 0. The maximum absolute atomic E-state index is 11.9. The fraction of sp³-hybridized carbons (Fsp3) is 0.500. The van der Waals surface area contributed by atoms with Crippen LogP contribution in [0.4, 0.5) is 0 Å². The van der Waals surface area contributed by atoms with Crippen LogP contribution in [0.1, 0.15) is 44.2 Å². The van der Waals surface area contributed by atoms with Crippen LogP contribution in [-0.4, -0.2) is 0 Å². The van der Waals surface area contributed by atoms with Gasteiger partial charge in [0, 0.05) is 10.8 Å². The summed E-state index contributed by atoms with van der Waals surface area (Å²) in [6.45, 7) is 3.92. The molecule has 0 saturated carbocycles.